The molecule has 0 radical (unpaired) electrons. The number of benzene rings is 1. The van der Waals surface area contributed by atoms with Gasteiger partial charge in [0.1, 0.15) is 5.75 Å². The Kier molecular flexibility index (Phi) is 6.89. The maximum absolute atomic E-state index is 12.4. The average Bonchev–Trinajstić information content (AvgIpc) is 3.29. The molecule has 0 aliphatic carbocycles. The van der Waals surface area contributed by atoms with Crippen molar-refractivity contribution in [1.82, 2.24) is 25.3 Å². The van der Waals surface area contributed by atoms with Crippen LogP contribution in [0.4, 0.5) is 0 Å². The highest BCUT2D eigenvalue weighted by molar-refractivity contribution is 5.76. The van der Waals surface area contributed by atoms with Crippen molar-refractivity contribution in [1.29, 1.82) is 0 Å². The van der Waals surface area contributed by atoms with Gasteiger partial charge < -0.3 is 14.6 Å². The minimum absolute atomic E-state index is 0.0231. The summed E-state index contributed by atoms with van der Waals surface area (Å²) < 4.78 is 10.6. The number of nitrogens with zero attached hydrogens (tertiary/aromatic N) is 4. The van der Waals surface area contributed by atoms with Gasteiger partial charge in [-0.05, 0) is 42.7 Å². The Morgan fingerprint density at radius 2 is 2.03 bits per heavy atom. The highest BCUT2D eigenvalue weighted by Gasteiger charge is 2.21. The number of ether oxygens (including phenoxy) is 1. The van der Waals surface area contributed by atoms with Crippen LogP contribution >= 0.6 is 0 Å². The zero-order valence-corrected chi connectivity index (χ0v) is 17.7. The summed E-state index contributed by atoms with van der Waals surface area (Å²) in [5, 5.41) is 7.12. The summed E-state index contributed by atoms with van der Waals surface area (Å²) >= 11 is 0. The van der Waals surface area contributed by atoms with Crippen LogP contribution in [0.5, 0.6) is 5.75 Å². The third kappa shape index (κ3) is 5.88. The molecule has 8 nitrogen and oxygen atoms in total. The van der Waals surface area contributed by atoms with Gasteiger partial charge in [0.25, 0.3) is 0 Å². The van der Waals surface area contributed by atoms with Crippen LogP contribution in [-0.2, 0) is 17.8 Å². The first-order chi connectivity index (χ1) is 15.2. The Bertz CT molecular complexity index is 984. The van der Waals surface area contributed by atoms with Crippen LogP contribution in [0.3, 0.4) is 0 Å². The number of nitrogens with one attached hydrogen (secondary N) is 1. The molecule has 0 spiro atoms. The van der Waals surface area contributed by atoms with E-state index in [1.807, 2.05) is 24.3 Å². The zero-order valence-electron chi connectivity index (χ0n) is 17.7. The van der Waals surface area contributed by atoms with Gasteiger partial charge in [-0.3, -0.25) is 14.7 Å². The van der Waals surface area contributed by atoms with Crippen molar-refractivity contribution in [2.24, 2.45) is 0 Å². The van der Waals surface area contributed by atoms with E-state index in [9.17, 15) is 4.79 Å². The Balaban J connectivity index is 1.18. The van der Waals surface area contributed by atoms with Crippen molar-refractivity contribution in [2.45, 2.75) is 38.3 Å². The molecule has 1 aliphatic rings. The van der Waals surface area contributed by atoms with Crippen LogP contribution in [0.1, 0.15) is 30.7 Å². The fourth-order valence-corrected chi connectivity index (χ4v) is 3.76. The molecule has 31 heavy (non-hydrogen) atoms. The van der Waals surface area contributed by atoms with Gasteiger partial charge in [-0.25, -0.2) is 0 Å². The molecular formula is C23H27N5O3. The lowest BCUT2D eigenvalue weighted by molar-refractivity contribution is -0.122. The normalized spacial score (nSPS) is 15.0. The van der Waals surface area contributed by atoms with Gasteiger partial charge >= 0.3 is 0 Å². The number of hydrogen-bond donors (Lipinski definition) is 1. The third-order valence-electron chi connectivity index (χ3n) is 5.47. The number of carbonyl (C=O) groups is 1. The molecule has 1 aromatic carbocycles. The van der Waals surface area contributed by atoms with E-state index in [4.69, 9.17) is 9.26 Å². The van der Waals surface area contributed by atoms with Gasteiger partial charge in [0, 0.05) is 56.5 Å². The van der Waals surface area contributed by atoms with Crippen LogP contribution in [-0.4, -0.2) is 52.2 Å². The first-order valence-corrected chi connectivity index (χ1v) is 10.6. The third-order valence-corrected chi connectivity index (χ3v) is 5.47. The minimum atomic E-state index is 0.0231. The van der Waals surface area contributed by atoms with E-state index in [0.29, 0.717) is 24.6 Å². The highest BCUT2D eigenvalue weighted by Crippen LogP contribution is 2.18. The summed E-state index contributed by atoms with van der Waals surface area (Å²) in [6.45, 7) is 2.82. The van der Waals surface area contributed by atoms with Crippen LogP contribution < -0.4 is 10.1 Å². The Labute approximate surface area is 181 Å². The fraction of sp³-hybridized carbons (Fsp3) is 0.391. The molecule has 3 aromatic rings. The van der Waals surface area contributed by atoms with Crippen molar-refractivity contribution in [3.8, 4) is 17.1 Å². The van der Waals surface area contributed by atoms with Gasteiger partial charge in [0.15, 0.2) is 0 Å². The molecule has 162 valence electrons. The van der Waals surface area contributed by atoms with Gasteiger partial charge in [-0.2, -0.15) is 4.98 Å². The number of aryl methyl sites for hydroxylation is 1. The quantitative estimate of drug-likeness (QED) is 0.598. The molecule has 1 saturated heterocycles. The smallest absolute Gasteiger partial charge is 0.227 e. The molecule has 2 aromatic heterocycles. The molecule has 1 fully saturated rings. The standard InChI is InChI=1S/C23H27N5O3/c1-30-20-4-2-3-17(15-20)16-28-13-9-19(10-14-28)25-21(29)5-6-22-26-23(27-31-22)18-7-11-24-12-8-18/h2-4,7-8,11-12,15,19H,5-6,9-10,13-14,16H2,1H3,(H,25,29). The molecule has 1 amide bonds. The molecule has 0 unspecified atom stereocenters. The van der Waals surface area contributed by atoms with Crippen molar-refractivity contribution >= 4 is 5.91 Å². The molecule has 0 atom stereocenters. The zero-order chi connectivity index (χ0) is 21.5. The lowest BCUT2D eigenvalue weighted by atomic mass is 10.0. The van der Waals surface area contributed by atoms with E-state index in [2.05, 4.69) is 37.5 Å². The first-order valence-electron chi connectivity index (χ1n) is 10.6. The van der Waals surface area contributed by atoms with Crippen molar-refractivity contribution in [2.75, 3.05) is 20.2 Å². The van der Waals surface area contributed by atoms with E-state index in [1.54, 1.807) is 19.5 Å². The van der Waals surface area contributed by atoms with Gasteiger partial charge in [-0.1, -0.05) is 17.3 Å². The first kappa shape index (κ1) is 21.0. The average molecular weight is 422 g/mol. The number of methoxy groups -OCH3 is 1. The number of piperidine rings is 1. The number of likely N-dealkylation sites (tertiary alicyclic amines) is 1. The predicted molar refractivity (Wildman–Crippen MR) is 115 cm³/mol. The summed E-state index contributed by atoms with van der Waals surface area (Å²) in [4.78, 5) is 23.1. The molecular weight excluding hydrogens is 394 g/mol. The molecule has 1 aliphatic heterocycles. The SMILES string of the molecule is COc1cccc(CN2CCC(NC(=O)CCc3nc(-c4ccncc4)no3)CC2)c1. The number of pyridine rings is 1. The number of aromatic nitrogens is 3. The van der Waals surface area contributed by atoms with Gasteiger partial charge in [0.05, 0.1) is 7.11 Å². The van der Waals surface area contributed by atoms with E-state index in [1.165, 1.54) is 5.56 Å². The van der Waals surface area contributed by atoms with Crippen LogP contribution in [0.25, 0.3) is 11.4 Å². The maximum Gasteiger partial charge on any atom is 0.227 e. The molecule has 0 bridgehead atoms. The van der Waals surface area contributed by atoms with Crippen molar-refractivity contribution < 1.29 is 14.1 Å². The maximum atomic E-state index is 12.4. The molecule has 8 heteroatoms. The van der Waals surface area contributed by atoms with Gasteiger partial charge in [0.2, 0.25) is 17.6 Å². The van der Waals surface area contributed by atoms with Crippen molar-refractivity contribution in [3.63, 3.8) is 0 Å². The number of amides is 1. The highest BCUT2D eigenvalue weighted by atomic mass is 16.5. The van der Waals surface area contributed by atoms with Crippen LogP contribution in [0.15, 0.2) is 53.3 Å². The lowest BCUT2D eigenvalue weighted by Crippen LogP contribution is -2.44. The summed E-state index contributed by atoms with van der Waals surface area (Å²) in [5.41, 5.74) is 2.09. The lowest BCUT2D eigenvalue weighted by Gasteiger charge is -2.32. The summed E-state index contributed by atoms with van der Waals surface area (Å²) in [5.74, 6) is 1.89. The number of rotatable bonds is 8. The molecule has 1 N–H and O–H groups in total. The van der Waals surface area contributed by atoms with Crippen molar-refractivity contribution in [3.05, 3.63) is 60.2 Å². The molecule has 3 heterocycles. The summed E-state index contributed by atoms with van der Waals surface area (Å²) in [7, 11) is 1.69. The summed E-state index contributed by atoms with van der Waals surface area (Å²) in [6.07, 6.45) is 6.02. The Hall–Kier alpha value is -3.26. The summed E-state index contributed by atoms with van der Waals surface area (Å²) in [6, 6.07) is 12.0. The molecule has 0 saturated carbocycles. The van der Waals surface area contributed by atoms with E-state index < -0.39 is 0 Å². The van der Waals surface area contributed by atoms with E-state index >= 15 is 0 Å². The van der Waals surface area contributed by atoms with E-state index in [-0.39, 0.29) is 11.9 Å². The number of carbonyl (C=O) groups excluding carboxylic acids is 1. The Morgan fingerprint density at radius 3 is 2.81 bits per heavy atom. The van der Waals surface area contributed by atoms with Crippen LogP contribution in [0.2, 0.25) is 0 Å². The predicted octanol–water partition coefficient (Wildman–Crippen LogP) is 2.85. The monoisotopic (exact) mass is 421 g/mol. The second-order valence-corrected chi connectivity index (χ2v) is 7.72. The van der Waals surface area contributed by atoms with E-state index in [0.717, 1.165) is 43.8 Å². The topological polar surface area (TPSA) is 93.4 Å². The largest absolute Gasteiger partial charge is 0.497 e. The minimum Gasteiger partial charge on any atom is -0.497 e. The second-order valence-electron chi connectivity index (χ2n) is 7.72. The fourth-order valence-electron chi connectivity index (χ4n) is 3.76. The van der Waals surface area contributed by atoms with Crippen LogP contribution in [0, 0.1) is 0 Å². The Morgan fingerprint density at radius 1 is 1.23 bits per heavy atom. The molecule has 4 rings (SSSR count). The number of hydrogen-bond acceptors (Lipinski definition) is 7. The van der Waals surface area contributed by atoms with Gasteiger partial charge in [-0.15, -0.1) is 0 Å². The second kappa shape index (κ2) is 10.2.